The maximum atomic E-state index is 3.82. The van der Waals surface area contributed by atoms with Crippen molar-refractivity contribution in [2.75, 3.05) is 39.8 Å². The summed E-state index contributed by atoms with van der Waals surface area (Å²) < 4.78 is 0. The lowest BCUT2D eigenvalue weighted by molar-refractivity contribution is 0.136. The van der Waals surface area contributed by atoms with E-state index in [1.54, 1.807) is 0 Å². The van der Waals surface area contributed by atoms with E-state index in [1.807, 2.05) is 0 Å². The fourth-order valence-electron chi connectivity index (χ4n) is 4.68. The van der Waals surface area contributed by atoms with Gasteiger partial charge in [-0.15, -0.1) is 0 Å². The zero-order valence-corrected chi connectivity index (χ0v) is 14.2. The molecule has 0 amide bonds. The van der Waals surface area contributed by atoms with E-state index >= 15 is 0 Å². The first-order valence-corrected chi connectivity index (χ1v) is 9.37. The van der Waals surface area contributed by atoms with Crippen molar-refractivity contribution in [3.8, 4) is 0 Å². The maximum absolute atomic E-state index is 3.82. The maximum Gasteiger partial charge on any atom is 0.0223 e. The molecule has 0 radical (unpaired) electrons. The van der Waals surface area contributed by atoms with Crippen LogP contribution in [0.4, 0.5) is 0 Å². The van der Waals surface area contributed by atoms with Crippen LogP contribution in [0.1, 0.15) is 58.3 Å². The van der Waals surface area contributed by atoms with E-state index < -0.39 is 0 Å². The summed E-state index contributed by atoms with van der Waals surface area (Å²) in [7, 11) is 2.36. The minimum absolute atomic E-state index is 0.576. The molecule has 2 saturated carbocycles. The summed E-state index contributed by atoms with van der Waals surface area (Å²) in [6.07, 6.45) is 11.4. The Labute approximate surface area is 131 Å². The number of likely N-dealkylation sites (tertiary alicyclic amines) is 1. The molecule has 1 unspecified atom stereocenters. The second-order valence-electron chi connectivity index (χ2n) is 7.98. The van der Waals surface area contributed by atoms with Crippen LogP contribution in [0.15, 0.2) is 0 Å². The third kappa shape index (κ3) is 4.20. The molecule has 3 aliphatic rings. The predicted molar refractivity (Wildman–Crippen MR) is 89.7 cm³/mol. The van der Waals surface area contributed by atoms with E-state index in [0.29, 0.717) is 5.41 Å². The Morgan fingerprint density at radius 2 is 1.90 bits per heavy atom. The molecule has 2 aliphatic carbocycles. The Kier molecular flexibility index (Phi) is 5.23. The summed E-state index contributed by atoms with van der Waals surface area (Å²) in [4.78, 5) is 5.33. The van der Waals surface area contributed by atoms with Crippen molar-refractivity contribution in [1.29, 1.82) is 0 Å². The molecule has 0 aromatic rings. The molecule has 1 aliphatic heterocycles. The van der Waals surface area contributed by atoms with Gasteiger partial charge in [-0.25, -0.2) is 0 Å². The van der Waals surface area contributed by atoms with Gasteiger partial charge in [-0.1, -0.05) is 19.8 Å². The number of likely N-dealkylation sites (N-methyl/N-ethyl adjacent to an activating group) is 2. The molecule has 0 bridgehead atoms. The lowest BCUT2D eigenvalue weighted by Crippen LogP contribution is -2.46. The van der Waals surface area contributed by atoms with Gasteiger partial charge < -0.3 is 10.2 Å². The number of nitrogens with one attached hydrogen (secondary N) is 1. The highest BCUT2D eigenvalue weighted by Gasteiger charge is 2.37. The molecule has 122 valence electrons. The quantitative estimate of drug-likeness (QED) is 0.742. The Hall–Kier alpha value is -0.120. The van der Waals surface area contributed by atoms with Gasteiger partial charge in [-0.3, -0.25) is 4.90 Å². The van der Waals surface area contributed by atoms with Gasteiger partial charge in [0.1, 0.15) is 0 Å². The predicted octanol–water partition coefficient (Wildman–Crippen LogP) is 2.71. The van der Waals surface area contributed by atoms with E-state index in [4.69, 9.17) is 0 Å². The van der Waals surface area contributed by atoms with Crippen LogP contribution < -0.4 is 5.32 Å². The Morgan fingerprint density at radius 1 is 1.14 bits per heavy atom. The minimum Gasteiger partial charge on any atom is -0.313 e. The molecule has 3 fully saturated rings. The summed E-state index contributed by atoms with van der Waals surface area (Å²) in [6, 6.07) is 1.67. The van der Waals surface area contributed by atoms with Crippen molar-refractivity contribution in [3.05, 3.63) is 0 Å². The summed E-state index contributed by atoms with van der Waals surface area (Å²) in [5.74, 6) is 0. The summed E-state index contributed by atoms with van der Waals surface area (Å²) in [6.45, 7) is 8.72. The van der Waals surface area contributed by atoms with Gasteiger partial charge in [0.15, 0.2) is 0 Å². The minimum atomic E-state index is 0.576. The fraction of sp³-hybridized carbons (Fsp3) is 1.00. The van der Waals surface area contributed by atoms with Crippen molar-refractivity contribution in [2.24, 2.45) is 5.41 Å². The average molecular weight is 293 g/mol. The average Bonchev–Trinajstić information content (AvgIpc) is 3.02. The van der Waals surface area contributed by atoms with Crippen LogP contribution in [0.3, 0.4) is 0 Å². The monoisotopic (exact) mass is 293 g/mol. The normalized spacial score (nSPS) is 29.6. The Bertz CT molecular complexity index is 320. The van der Waals surface area contributed by atoms with E-state index in [0.717, 1.165) is 12.1 Å². The molecule has 0 aromatic heterocycles. The van der Waals surface area contributed by atoms with Crippen molar-refractivity contribution >= 4 is 0 Å². The molecular formula is C18H35N3. The van der Waals surface area contributed by atoms with Crippen LogP contribution in [-0.2, 0) is 0 Å². The molecule has 0 aromatic carbocycles. The van der Waals surface area contributed by atoms with Crippen LogP contribution in [0, 0.1) is 5.41 Å². The number of hydrogen-bond acceptors (Lipinski definition) is 3. The molecule has 3 nitrogen and oxygen atoms in total. The SMILES string of the molecule is CCN1CCCC1CN(C)CC1(CNC2CC2)CCCC1. The van der Waals surface area contributed by atoms with Gasteiger partial charge in [-0.05, 0) is 64.1 Å². The van der Waals surface area contributed by atoms with Crippen LogP contribution in [0.25, 0.3) is 0 Å². The molecule has 1 N–H and O–H groups in total. The van der Waals surface area contributed by atoms with Crippen LogP contribution >= 0.6 is 0 Å². The second kappa shape index (κ2) is 6.97. The molecular weight excluding hydrogens is 258 g/mol. The van der Waals surface area contributed by atoms with Crippen LogP contribution in [0.2, 0.25) is 0 Å². The van der Waals surface area contributed by atoms with Crippen molar-refractivity contribution < 1.29 is 0 Å². The summed E-state index contributed by atoms with van der Waals surface area (Å²) in [5.41, 5.74) is 0.576. The van der Waals surface area contributed by atoms with Crippen LogP contribution in [-0.4, -0.2) is 61.7 Å². The third-order valence-electron chi connectivity index (χ3n) is 6.04. The van der Waals surface area contributed by atoms with Gasteiger partial charge in [0, 0.05) is 31.7 Å². The molecule has 0 spiro atoms. The number of nitrogens with zero attached hydrogens (tertiary/aromatic N) is 2. The Balaban J connectivity index is 1.49. The summed E-state index contributed by atoms with van der Waals surface area (Å²) in [5, 5.41) is 3.82. The van der Waals surface area contributed by atoms with Crippen molar-refractivity contribution in [2.45, 2.75) is 70.4 Å². The first-order valence-electron chi connectivity index (χ1n) is 9.37. The van der Waals surface area contributed by atoms with Crippen molar-refractivity contribution in [1.82, 2.24) is 15.1 Å². The lowest BCUT2D eigenvalue weighted by Gasteiger charge is -2.36. The topological polar surface area (TPSA) is 18.5 Å². The highest BCUT2D eigenvalue weighted by atomic mass is 15.2. The van der Waals surface area contributed by atoms with Gasteiger partial charge in [0.2, 0.25) is 0 Å². The lowest BCUT2D eigenvalue weighted by atomic mass is 9.85. The highest BCUT2D eigenvalue weighted by Crippen LogP contribution is 2.39. The van der Waals surface area contributed by atoms with Gasteiger partial charge >= 0.3 is 0 Å². The second-order valence-corrected chi connectivity index (χ2v) is 7.98. The Morgan fingerprint density at radius 3 is 2.57 bits per heavy atom. The van der Waals surface area contributed by atoms with E-state index in [9.17, 15) is 0 Å². The van der Waals surface area contributed by atoms with E-state index in [2.05, 4.69) is 29.1 Å². The molecule has 21 heavy (non-hydrogen) atoms. The number of hydrogen-bond donors (Lipinski definition) is 1. The van der Waals surface area contributed by atoms with Gasteiger partial charge in [0.25, 0.3) is 0 Å². The first kappa shape index (κ1) is 15.8. The van der Waals surface area contributed by atoms with E-state index in [1.165, 1.54) is 84.1 Å². The zero-order chi connectivity index (χ0) is 14.7. The molecule has 1 atom stereocenters. The molecule has 3 heteroatoms. The first-order chi connectivity index (χ1) is 10.2. The highest BCUT2D eigenvalue weighted by molar-refractivity contribution is 4.93. The third-order valence-corrected chi connectivity index (χ3v) is 6.04. The van der Waals surface area contributed by atoms with Gasteiger partial charge in [0.05, 0.1) is 0 Å². The van der Waals surface area contributed by atoms with E-state index in [-0.39, 0.29) is 0 Å². The van der Waals surface area contributed by atoms with Crippen molar-refractivity contribution in [3.63, 3.8) is 0 Å². The largest absolute Gasteiger partial charge is 0.313 e. The smallest absolute Gasteiger partial charge is 0.0223 e. The summed E-state index contributed by atoms with van der Waals surface area (Å²) >= 11 is 0. The fourth-order valence-corrected chi connectivity index (χ4v) is 4.68. The molecule has 3 rings (SSSR count). The van der Waals surface area contributed by atoms with Gasteiger partial charge in [-0.2, -0.15) is 0 Å². The molecule has 1 heterocycles. The standard InChI is InChI=1S/C18H35N3/c1-3-21-12-6-7-17(21)13-20(2)15-18(10-4-5-11-18)14-19-16-8-9-16/h16-17,19H,3-15H2,1-2H3. The molecule has 1 saturated heterocycles. The zero-order valence-electron chi connectivity index (χ0n) is 14.2. The van der Waals surface area contributed by atoms with Crippen LogP contribution in [0.5, 0.6) is 0 Å². The number of rotatable bonds is 8.